The minimum absolute atomic E-state index is 0.619. The Morgan fingerprint density at radius 1 is 1.13 bits per heavy atom. The van der Waals surface area contributed by atoms with Gasteiger partial charge < -0.3 is 15.0 Å². The molecule has 1 N–H and O–H groups in total. The molecule has 0 amide bonds. The van der Waals surface area contributed by atoms with Gasteiger partial charge in [0.1, 0.15) is 17.3 Å². The lowest BCUT2D eigenvalue weighted by Gasteiger charge is -2.30. The Balaban J connectivity index is 1.91. The van der Waals surface area contributed by atoms with E-state index in [1.807, 2.05) is 30.3 Å². The molecule has 1 saturated heterocycles. The van der Waals surface area contributed by atoms with E-state index in [0.29, 0.717) is 10.8 Å². The number of benzene rings is 2. The van der Waals surface area contributed by atoms with Gasteiger partial charge in [-0.15, -0.1) is 0 Å². The smallest absolute Gasteiger partial charge is 0.155 e. The molecule has 0 radical (unpaired) electrons. The van der Waals surface area contributed by atoms with Crippen LogP contribution >= 0.6 is 27.5 Å². The average molecular weight is 393 g/mol. The first-order valence-electron chi connectivity index (χ1n) is 7.53. The maximum absolute atomic E-state index is 6.17. The molecule has 0 aromatic heterocycles. The van der Waals surface area contributed by atoms with Gasteiger partial charge in [0, 0.05) is 41.7 Å². The van der Waals surface area contributed by atoms with E-state index in [-0.39, 0.29) is 0 Å². The van der Waals surface area contributed by atoms with Crippen molar-refractivity contribution in [3.05, 3.63) is 51.5 Å². The van der Waals surface area contributed by atoms with Gasteiger partial charge in [0.25, 0.3) is 0 Å². The second kappa shape index (κ2) is 6.15. The molecule has 0 saturated carbocycles. The van der Waals surface area contributed by atoms with Crippen LogP contribution < -0.4 is 10.1 Å². The summed E-state index contributed by atoms with van der Waals surface area (Å²) in [7, 11) is 0. The van der Waals surface area contributed by atoms with Crippen LogP contribution in [0.5, 0.6) is 11.5 Å². The fourth-order valence-electron chi connectivity index (χ4n) is 2.87. The SMILES string of the molecule is Clc1cc(Br)c2c(c1)Oc1ccccc1C(N1CCNCC1)=N2. The van der Waals surface area contributed by atoms with Crippen LogP contribution in [0.2, 0.25) is 5.02 Å². The summed E-state index contributed by atoms with van der Waals surface area (Å²) in [6, 6.07) is 11.7. The summed E-state index contributed by atoms with van der Waals surface area (Å²) in [5, 5.41) is 4.00. The van der Waals surface area contributed by atoms with Crippen LogP contribution in [0.1, 0.15) is 5.56 Å². The Bertz CT molecular complexity index is 787. The highest BCUT2D eigenvalue weighted by Gasteiger charge is 2.24. The number of fused-ring (bicyclic) bond motifs is 2. The van der Waals surface area contributed by atoms with Crippen molar-refractivity contribution < 1.29 is 4.74 Å². The van der Waals surface area contributed by atoms with Gasteiger partial charge in [-0.1, -0.05) is 23.7 Å². The third kappa shape index (κ3) is 2.84. The van der Waals surface area contributed by atoms with Gasteiger partial charge in [-0.2, -0.15) is 0 Å². The third-order valence-corrected chi connectivity index (χ3v) is 4.80. The van der Waals surface area contributed by atoms with Crippen LogP contribution in [-0.2, 0) is 0 Å². The molecule has 0 bridgehead atoms. The molecule has 2 aliphatic heterocycles. The van der Waals surface area contributed by atoms with Crippen molar-refractivity contribution in [1.82, 2.24) is 10.2 Å². The van der Waals surface area contributed by atoms with Crippen LogP contribution in [0, 0.1) is 0 Å². The molecule has 4 nitrogen and oxygen atoms in total. The number of ether oxygens (including phenoxy) is 1. The summed E-state index contributed by atoms with van der Waals surface area (Å²) in [5.74, 6) is 2.42. The Morgan fingerprint density at radius 2 is 1.91 bits per heavy atom. The molecule has 4 rings (SSSR count). The second-order valence-corrected chi connectivity index (χ2v) is 6.80. The maximum atomic E-state index is 6.17. The number of aliphatic imine (C=N–C) groups is 1. The fourth-order valence-corrected chi connectivity index (χ4v) is 3.74. The van der Waals surface area contributed by atoms with Crippen LogP contribution in [0.15, 0.2) is 45.9 Å². The van der Waals surface area contributed by atoms with E-state index in [1.165, 1.54) is 0 Å². The summed E-state index contributed by atoms with van der Waals surface area (Å²) in [6.07, 6.45) is 0. The molecule has 0 spiro atoms. The van der Waals surface area contributed by atoms with Gasteiger partial charge in [0.05, 0.1) is 5.56 Å². The molecule has 23 heavy (non-hydrogen) atoms. The van der Waals surface area contributed by atoms with Crippen LogP contribution in [0.3, 0.4) is 0 Å². The number of para-hydroxylation sites is 1. The number of rotatable bonds is 0. The molecule has 2 aliphatic rings. The zero-order valence-electron chi connectivity index (χ0n) is 12.4. The number of nitrogens with one attached hydrogen (secondary N) is 1. The Hall–Kier alpha value is -1.56. The standard InChI is InChI=1S/C17H15BrClN3O/c18-13-9-11(19)10-15-16(13)21-17(22-7-5-20-6-8-22)12-3-1-2-4-14(12)23-15/h1-4,9-10,20H,5-8H2. The van der Waals surface area contributed by atoms with Crippen LogP contribution in [-0.4, -0.2) is 36.9 Å². The minimum Gasteiger partial charge on any atom is -0.454 e. The topological polar surface area (TPSA) is 36.9 Å². The molecular weight excluding hydrogens is 378 g/mol. The second-order valence-electron chi connectivity index (χ2n) is 5.51. The zero-order valence-corrected chi connectivity index (χ0v) is 14.7. The number of hydrogen-bond acceptors (Lipinski definition) is 4. The summed E-state index contributed by atoms with van der Waals surface area (Å²) >= 11 is 9.73. The highest BCUT2D eigenvalue weighted by Crippen LogP contribution is 2.44. The molecule has 0 aliphatic carbocycles. The van der Waals surface area contributed by atoms with Crippen molar-refractivity contribution in [2.45, 2.75) is 0 Å². The van der Waals surface area contributed by atoms with E-state index in [2.05, 4.69) is 32.2 Å². The quantitative estimate of drug-likeness (QED) is 0.730. The maximum Gasteiger partial charge on any atom is 0.155 e. The van der Waals surface area contributed by atoms with E-state index in [9.17, 15) is 0 Å². The highest BCUT2D eigenvalue weighted by molar-refractivity contribution is 9.10. The van der Waals surface area contributed by atoms with Gasteiger partial charge in [-0.25, -0.2) is 4.99 Å². The van der Waals surface area contributed by atoms with Crippen LogP contribution in [0.25, 0.3) is 0 Å². The first-order chi connectivity index (χ1) is 11.2. The van der Waals surface area contributed by atoms with Crippen molar-refractivity contribution in [3.8, 4) is 11.5 Å². The normalized spacial score (nSPS) is 16.8. The first-order valence-corrected chi connectivity index (χ1v) is 8.70. The number of hydrogen-bond donors (Lipinski definition) is 1. The number of amidine groups is 1. The van der Waals surface area contributed by atoms with Crippen LogP contribution in [0.4, 0.5) is 5.69 Å². The summed E-state index contributed by atoms with van der Waals surface area (Å²) in [4.78, 5) is 7.23. The third-order valence-electron chi connectivity index (χ3n) is 3.98. The van der Waals surface area contributed by atoms with E-state index >= 15 is 0 Å². The number of nitrogens with zero attached hydrogens (tertiary/aromatic N) is 2. The molecule has 2 aromatic carbocycles. The van der Waals surface area contributed by atoms with E-state index in [1.54, 1.807) is 0 Å². The molecule has 118 valence electrons. The average Bonchev–Trinajstić information content (AvgIpc) is 2.72. The summed E-state index contributed by atoms with van der Waals surface area (Å²) < 4.78 is 6.95. The predicted molar refractivity (Wildman–Crippen MR) is 96.3 cm³/mol. The van der Waals surface area contributed by atoms with Gasteiger partial charge in [0.2, 0.25) is 0 Å². The Labute approximate surface area is 148 Å². The van der Waals surface area contributed by atoms with Crippen molar-refractivity contribution in [2.24, 2.45) is 4.99 Å². The van der Waals surface area contributed by atoms with Gasteiger partial charge in [-0.05, 0) is 34.1 Å². The number of piperazine rings is 1. The van der Waals surface area contributed by atoms with Crippen molar-refractivity contribution in [2.75, 3.05) is 26.2 Å². The lowest BCUT2D eigenvalue weighted by molar-refractivity contribution is 0.357. The highest BCUT2D eigenvalue weighted by atomic mass is 79.9. The molecule has 0 atom stereocenters. The zero-order chi connectivity index (χ0) is 15.8. The first kappa shape index (κ1) is 15.0. The Kier molecular flexibility index (Phi) is 4.01. The van der Waals surface area contributed by atoms with Crippen molar-refractivity contribution >= 4 is 39.1 Å². The summed E-state index contributed by atoms with van der Waals surface area (Å²) in [5.41, 5.74) is 1.78. The molecular formula is C17H15BrClN3O. The molecule has 0 unspecified atom stereocenters. The lowest BCUT2D eigenvalue weighted by atomic mass is 10.1. The van der Waals surface area contributed by atoms with E-state index in [0.717, 1.165) is 53.5 Å². The van der Waals surface area contributed by atoms with E-state index in [4.69, 9.17) is 21.3 Å². The number of halogens is 2. The Morgan fingerprint density at radius 3 is 2.74 bits per heavy atom. The van der Waals surface area contributed by atoms with Gasteiger partial charge in [0.15, 0.2) is 5.75 Å². The monoisotopic (exact) mass is 391 g/mol. The largest absolute Gasteiger partial charge is 0.454 e. The summed E-state index contributed by atoms with van der Waals surface area (Å²) in [6.45, 7) is 3.76. The molecule has 2 heterocycles. The lowest BCUT2D eigenvalue weighted by Crippen LogP contribution is -2.46. The van der Waals surface area contributed by atoms with Crippen molar-refractivity contribution in [3.63, 3.8) is 0 Å². The van der Waals surface area contributed by atoms with Crippen molar-refractivity contribution in [1.29, 1.82) is 0 Å². The van der Waals surface area contributed by atoms with E-state index < -0.39 is 0 Å². The van der Waals surface area contributed by atoms with Gasteiger partial charge >= 0.3 is 0 Å². The van der Waals surface area contributed by atoms with Gasteiger partial charge in [-0.3, -0.25) is 0 Å². The fraction of sp³-hybridized carbons (Fsp3) is 0.235. The molecule has 6 heteroatoms. The molecule has 2 aromatic rings. The predicted octanol–water partition coefficient (Wildman–Crippen LogP) is 4.19. The minimum atomic E-state index is 0.619. The molecule has 1 fully saturated rings.